The first-order valence-corrected chi connectivity index (χ1v) is 11.4. The zero-order chi connectivity index (χ0) is 21.5. The maximum Gasteiger partial charge on any atom is 0.301 e. The fraction of sp³-hybridized carbons (Fsp3) is 0.125. The number of fused-ring (bicyclic) bond motifs is 1. The highest BCUT2D eigenvalue weighted by Crippen LogP contribution is 2.36. The third kappa shape index (κ3) is 3.72. The van der Waals surface area contributed by atoms with Gasteiger partial charge in [0.25, 0.3) is 5.78 Å². The van der Waals surface area contributed by atoms with Crippen LogP contribution in [0.1, 0.15) is 33.9 Å². The Balaban J connectivity index is 1.51. The monoisotopic (exact) mass is 537 g/mol. The van der Waals surface area contributed by atoms with Crippen LogP contribution in [0.25, 0.3) is 0 Å². The molecule has 1 atom stereocenters. The first-order chi connectivity index (χ1) is 15.0. The van der Waals surface area contributed by atoms with Crippen molar-refractivity contribution in [2.75, 3.05) is 11.6 Å². The Hall–Kier alpha value is -2.77. The molecule has 0 aliphatic carbocycles. The summed E-state index contributed by atoms with van der Waals surface area (Å²) in [6.07, 6.45) is 0.717. The number of amides is 1. The van der Waals surface area contributed by atoms with Crippen molar-refractivity contribution in [1.82, 2.24) is 5.01 Å². The predicted octanol–water partition coefficient (Wildman–Crippen LogP) is 5.55. The van der Waals surface area contributed by atoms with Crippen molar-refractivity contribution in [2.45, 2.75) is 12.5 Å². The van der Waals surface area contributed by atoms with Gasteiger partial charge in [-0.25, -0.2) is 0 Å². The highest BCUT2D eigenvalue weighted by Gasteiger charge is 2.39. The normalized spacial score (nSPS) is 17.9. The summed E-state index contributed by atoms with van der Waals surface area (Å²) in [6.45, 7) is 0.207. The van der Waals surface area contributed by atoms with Crippen molar-refractivity contribution >= 4 is 54.9 Å². The van der Waals surface area contributed by atoms with Gasteiger partial charge in [0.15, 0.2) is 0 Å². The summed E-state index contributed by atoms with van der Waals surface area (Å²) in [5.74, 6) is -1.00. The number of carbonyl (C=O) groups is 2. The van der Waals surface area contributed by atoms with E-state index in [0.717, 1.165) is 32.2 Å². The van der Waals surface area contributed by atoms with Crippen LogP contribution in [0.3, 0.4) is 0 Å². The van der Waals surface area contributed by atoms with Gasteiger partial charge < -0.3 is 0 Å². The van der Waals surface area contributed by atoms with Crippen LogP contribution in [0.5, 0.6) is 0 Å². The Labute approximate surface area is 196 Å². The van der Waals surface area contributed by atoms with E-state index >= 15 is 0 Å². The van der Waals surface area contributed by atoms with Gasteiger partial charge >= 0.3 is 5.91 Å². The molecule has 3 aromatic carbocycles. The molecule has 0 fully saturated rings. The van der Waals surface area contributed by atoms with E-state index in [4.69, 9.17) is 5.10 Å². The molecule has 1 amide bonds. The van der Waals surface area contributed by atoms with Crippen molar-refractivity contribution in [3.8, 4) is 0 Å². The molecule has 0 saturated carbocycles. The van der Waals surface area contributed by atoms with Crippen LogP contribution in [-0.2, 0) is 4.79 Å². The molecule has 0 bridgehead atoms. The molecule has 7 heteroatoms. The highest BCUT2D eigenvalue weighted by atomic mass is 79.9. The van der Waals surface area contributed by atoms with E-state index in [1.807, 2.05) is 53.5 Å². The lowest BCUT2D eigenvalue weighted by molar-refractivity contribution is -0.114. The number of nitrogens with zero attached hydrogens (tertiary/aromatic N) is 3. The van der Waals surface area contributed by atoms with Crippen molar-refractivity contribution in [2.24, 2.45) is 5.10 Å². The minimum absolute atomic E-state index is 0.0257. The zero-order valence-electron chi connectivity index (χ0n) is 16.3. The lowest BCUT2D eigenvalue weighted by atomic mass is 9.99. The first kappa shape index (κ1) is 20.2. The van der Waals surface area contributed by atoms with E-state index in [0.29, 0.717) is 11.3 Å². The second-order valence-corrected chi connectivity index (χ2v) is 9.32. The third-order valence-corrected chi connectivity index (χ3v) is 6.60. The second-order valence-electron chi connectivity index (χ2n) is 7.49. The van der Waals surface area contributed by atoms with Gasteiger partial charge in [0.1, 0.15) is 6.67 Å². The minimum Gasteiger partial charge on any atom is -0.285 e. The van der Waals surface area contributed by atoms with Gasteiger partial charge in [-0.2, -0.15) is 5.10 Å². The molecule has 5 nitrogen and oxygen atoms in total. The van der Waals surface area contributed by atoms with Crippen molar-refractivity contribution in [1.29, 1.82) is 0 Å². The molecule has 154 valence electrons. The second kappa shape index (κ2) is 8.05. The van der Waals surface area contributed by atoms with Crippen LogP contribution in [0, 0.1) is 0 Å². The fourth-order valence-electron chi connectivity index (χ4n) is 4.03. The summed E-state index contributed by atoms with van der Waals surface area (Å²) in [5, 5.41) is 6.79. The topological polar surface area (TPSA) is 53.0 Å². The molecule has 0 unspecified atom stereocenters. The van der Waals surface area contributed by atoms with Gasteiger partial charge in [0, 0.05) is 15.4 Å². The zero-order valence-corrected chi connectivity index (χ0v) is 19.5. The third-order valence-electron chi connectivity index (χ3n) is 5.58. The minimum atomic E-state index is -0.521. The van der Waals surface area contributed by atoms with Gasteiger partial charge in [-0.1, -0.05) is 74.3 Å². The summed E-state index contributed by atoms with van der Waals surface area (Å²) < 4.78 is 1.78. The molecule has 0 N–H and O–H groups in total. The fourth-order valence-corrected chi connectivity index (χ4v) is 4.65. The van der Waals surface area contributed by atoms with Gasteiger partial charge in [-0.05, 0) is 41.5 Å². The molecule has 0 saturated heterocycles. The van der Waals surface area contributed by atoms with Crippen LogP contribution in [-0.4, -0.2) is 29.1 Å². The van der Waals surface area contributed by atoms with E-state index in [-0.39, 0.29) is 12.7 Å². The van der Waals surface area contributed by atoms with Gasteiger partial charge in [0.2, 0.25) is 0 Å². The number of Topliss-reactive ketones (excluding diaryl/α,β-unsaturated/α-hetero) is 1. The average Bonchev–Trinajstić information content (AvgIpc) is 3.30. The van der Waals surface area contributed by atoms with Crippen molar-refractivity contribution < 1.29 is 9.59 Å². The molecule has 2 heterocycles. The van der Waals surface area contributed by atoms with Crippen molar-refractivity contribution in [3.63, 3.8) is 0 Å². The highest BCUT2D eigenvalue weighted by molar-refractivity contribution is 9.10. The van der Waals surface area contributed by atoms with Gasteiger partial charge in [-0.15, -0.1) is 0 Å². The lowest BCUT2D eigenvalue weighted by Gasteiger charge is -2.28. The number of ketones is 1. The van der Waals surface area contributed by atoms with Crippen LogP contribution in [0.2, 0.25) is 0 Å². The van der Waals surface area contributed by atoms with Crippen LogP contribution >= 0.6 is 31.9 Å². The smallest absolute Gasteiger partial charge is 0.285 e. The largest absolute Gasteiger partial charge is 0.301 e. The number of anilines is 1. The standard InChI is InChI=1S/C24H17Br2N3O2/c25-17-8-6-15(7-9-17)20-13-22(16-4-2-1-3-5-16)29(27-20)14-28-21-11-10-18(26)12-19(21)23(30)24(28)31/h1-12,22H,13-14H2/t22-/m0/s1. The van der Waals surface area contributed by atoms with Gasteiger partial charge in [-0.3, -0.25) is 19.5 Å². The average molecular weight is 539 g/mol. The van der Waals surface area contributed by atoms with Crippen LogP contribution in [0.15, 0.2) is 86.8 Å². The number of benzene rings is 3. The lowest BCUT2D eigenvalue weighted by Crippen LogP contribution is -2.39. The molecule has 2 aliphatic heterocycles. The van der Waals surface area contributed by atoms with E-state index in [1.54, 1.807) is 12.1 Å². The summed E-state index contributed by atoms with van der Waals surface area (Å²) in [6, 6.07) is 23.5. The first-order valence-electron chi connectivity index (χ1n) is 9.82. The number of hydrogen-bond donors (Lipinski definition) is 0. The Kier molecular flexibility index (Phi) is 5.24. The summed E-state index contributed by atoms with van der Waals surface area (Å²) in [7, 11) is 0. The quantitative estimate of drug-likeness (QED) is 0.409. The van der Waals surface area contributed by atoms with E-state index < -0.39 is 11.7 Å². The summed E-state index contributed by atoms with van der Waals surface area (Å²) in [4.78, 5) is 26.8. The Morgan fingerprint density at radius 2 is 1.61 bits per heavy atom. The predicted molar refractivity (Wildman–Crippen MR) is 127 cm³/mol. The molecule has 31 heavy (non-hydrogen) atoms. The molecule has 0 spiro atoms. The summed E-state index contributed by atoms with van der Waals surface area (Å²) in [5.41, 5.74) is 4.16. The van der Waals surface area contributed by atoms with Crippen LogP contribution < -0.4 is 4.90 Å². The number of hydrogen-bond acceptors (Lipinski definition) is 4. The molecular weight excluding hydrogens is 522 g/mol. The Bertz CT molecular complexity index is 1210. The molecule has 5 rings (SSSR count). The SMILES string of the molecule is O=C1C(=O)N(CN2N=C(c3ccc(Br)cc3)C[C@H]2c2ccccc2)c2ccc(Br)cc21. The summed E-state index contributed by atoms with van der Waals surface area (Å²) >= 11 is 6.86. The Morgan fingerprint density at radius 1 is 0.903 bits per heavy atom. The van der Waals surface area contributed by atoms with E-state index in [2.05, 4.69) is 44.0 Å². The van der Waals surface area contributed by atoms with Crippen molar-refractivity contribution in [3.05, 3.63) is 98.4 Å². The maximum atomic E-state index is 12.8. The number of carbonyl (C=O) groups excluding carboxylic acids is 2. The Morgan fingerprint density at radius 3 is 2.35 bits per heavy atom. The number of halogens is 2. The van der Waals surface area contributed by atoms with E-state index in [9.17, 15) is 9.59 Å². The maximum absolute atomic E-state index is 12.8. The number of rotatable bonds is 4. The van der Waals surface area contributed by atoms with E-state index in [1.165, 1.54) is 4.90 Å². The molecule has 0 aromatic heterocycles. The molecule has 0 radical (unpaired) electrons. The number of hydrazone groups is 1. The van der Waals surface area contributed by atoms with Gasteiger partial charge in [0.05, 0.1) is 23.0 Å². The molecule has 2 aliphatic rings. The van der Waals surface area contributed by atoms with Crippen LogP contribution in [0.4, 0.5) is 5.69 Å². The molecular formula is C24H17Br2N3O2. The molecule has 3 aromatic rings.